The van der Waals surface area contributed by atoms with Gasteiger partial charge in [-0.2, -0.15) is 0 Å². The second-order valence-electron chi connectivity index (χ2n) is 4.19. The number of benzene rings is 1. The van der Waals surface area contributed by atoms with Gasteiger partial charge in [-0.05, 0) is 25.5 Å². The molecule has 98 valence electrons. The van der Waals surface area contributed by atoms with E-state index in [1.165, 1.54) is 7.11 Å². The van der Waals surface area contributed by atoms with Crippen molar-refractivity contribution in [3.05, 3.63) is 29.8 Å². The number of carbonyl (C=O) groups excluding carboxylic acids is 1. The largest absolute Gasteiger partial charge is 0.389 e. The number of ether oxygens (including phenoxy) is 1. The van der Waals surface area contributed by atoms with Crippen molar-refractivity contribution in [3.63, 3.8) is 0 Å². The first-order valence-corrected chi connectivity index (χ1v) is 6.10. The average Bonchev–Trinajstić information content (AvgIpc) is 2.38. The fraction of sp³-hybridized carbons (Fsp3) is 0.385. The van der Waals surface area contributed by atoms with E-state index < -0.39 is 5.60 Å². The molecule has 0 radical (unpaired) electrons. The molecule has 18 heavy (non-hydrogen) atoms. The number of amides is 1. The molecule has 1 rings (SSSR count). The lowest BCUT2D eigenvalue weighted by Crippen LogP contribution is -2.41. The van der Waals surface area contributed by atoms with Gasteiger partial charge in [-0.15, -0.1) is 0 Å². The van der Waals surface area contributed by atoms with Crippen molar-refractivity contribution >= 4 is 28.8 Å². The van der Waals surface area contributed by atoms with Gasteiger partial charge in [0.25, 0.3) is 5.91 Å². The normalized spacial score (nSPS) is 13.7. The fourth-order valence-corrected chi connectivity index (χ4v) is 1.54. The van der Waals surface area contributed by atoms with Crippen LogP contribution >= 0.6 is 12.2 Å². The van der Waals surface area contributed by atoms with E-state index in [4.69, 9.17) is 22.7 Å². The van der Waals surface area contributed by atoms with Crippen molar-refractivity contribution in [3.8, 4) is 0 Å². The predicted molar refractivity (Wildman–Crippen MR) is 76.7 cm³/mol. The van der Waals surface area contributed by atoms with Crippen LogP contribution in [0, 0.1) is 0 Å². The van der Waals surface area contributed by atoms with E-state index in [9.17, 15) is 4.79 Å². The quantitative estimate of drug-likeness (QED) is 0.801. The molecule has 1 aromatic carbocycles. The molecule has 1 unspecified atom stereocenters. The Morgan fingerprint density at radius 1 is 1.56 bits per heavy atom. The van der Waals surface area contributed by atoms with Crippen LogP contribution in [0.3, 0.4) is 0 Å². The molecule has 5 heteroatoms. The van der Waals surface area contributed by atoms with Crippen LogP contribution in [0.2, 0.25) is 0 Å². The van der Waals surface area contributed by atoms with E-state index >= 15 is 0 Å². The summed E-state index contributed by atoms with van der Waals surface area (Å²) in [4.78, 5) is 12.4. The molecule has 4 nitrogen and oxygen atoms in total. The SMILES string of the molecule is CCC(C)(OC)C(=O)Nc1cccc(C(N)=S)c1. The zero-order valence-corrected chi connectivity index (χ0v) is 11.6. The molecule has 0 saturated heterocycles. The molecule has 0 aliphatic carbocycles. The van der Waals surface area contributed by atoms with Crippen LogP contribution in [0.15, 0.2) is 24.3 Å². The van der Waals surface area contributed by atoms with Crippen LogP contribution in [0.5, 0.6) is 0 Å². The maximum absolute atomic E-state index is 12.1. The zero-order chi connectivity index (χ0) is 13.8. The topological polar surface area (TPSA) is 64.3 Å². The van der Waals surface area contributed by atoms with Crippen LogP contribution in [0.4, 0.5) is 5.69 Å². The number of hydrogen-bond acceptors (Lipinski definition) is 3. The summed E-state index contributed by atoms with van der Waals surface area (Å²) in [6.45, 7) is 3.65. The van der Waals surface area contributed by atoms with Gasteiger partial charge in [-0.1, -0.05) is 31.3 Å². The second-order valence-corrected chi connectivity index (χ2v) is 4.63. The lowest BCUT2D eigenvalue weighted by atomic mass is 10.0. The predicted octanol–water partition coefficient (Wildman–Crippen LogP) is 2.07. The molecule has 0 aliphatic rings. The highest BCUT2D eigenvalue weighted by Gasteiger charge is 2.30. The third-order valence-electron chi connectivity index (χ3n) is 3.01. The summed E-state index contributed by atoms with van der Waals surface area (Å²) in [5.41, 5.74) is 6.09. The van der Waals surface area contributed by atoms with Crippen LogP contribution in [0.1, 0.15) is 25.8 Å². The van der Waals surface area contributed by atoms with E-state index in [0.717, 1.165) is 5.56 Å². The summed E-state index contributed by atoms with van der Waals surface area (Å²) in [7, 11) is 1.52. The molecule has 1 atom stereocenters. The number of nitrogens with one attached hydrogen (secondary N) is 1. The van der Waals surface area contributed by atoms with E-state index in [0.29, 0.717) is 17.1 Å². The Kier molecular flexibility index (Phi) is 4.81. The van der Waals surface area contributed by atoms with Gasteiger partial charge < -0.3 is 15.8 Å². The number of thiocarbonyl (C=S) groups is 1. The fourth-order valence-electron chi connectivity index (χ4n) is 1.41. The lowest BCUT2D eigenvalue weighted by molar-refractivity contribution is -0.136. The molecule has 0 aromatic heterocycles. The van der Waals surface area contributed by atoms with Crippen molar-refractivity contribution in [2.75, 3.05) is 12.4 Å². The number of rotatable bonds is 5. The minimum atomic E-state index is -0.834. The van der Waals surface area contributed by atoms with Crippen molar-refractivity contribution in [1.29, 1.82) is 0 Å². The molecule has 0 bridgehead atoms. The van der Waals surface area contributed by atoms with Gasteiger partial charge in [-0.25, -0.2) is 0 Å². The third kappa shape index (κ3) is 3.27. The Morgan fingerprint density at radius 3 is 2.72 bits per heavy atom. The highest BCUT2D eigenvalue weighted by atomic mass is 32.1. The molecule has 0 heterocycles. The molecular weight excluding hydrogens is 248 g/mol. The van der Waals surface area contributed by atoms with Gasteiger partial charge >= 0.3 is 0 Å². The number of anilines is 1. The molecular formula is C13H18N2O2S. The molecule has 0 spiro atoms. The molecule has 1 aromatic rings. The van der Waals surface area contributed by atoms with E-state index in [1.54, 1.807) is 31.2 Å². The maximum Gasteiger partial charge on any atom is 0.256 e. The van der Waals surface area contributed by atoms with Crippen molar-refractivity contribution in [2.24, 2.45) is 5.73 Å². The zero-order valence-electron chi connectivity index (χ0n) is 10.8. The van der Waals surface area contributed by atoms with Crippen molar-refractivity contribution < 1.29 is 9.53 Å². The third-order valence-corrected chi connectivity index (χ3v) is 3.25. The van der Waals surface area contributed by atoms with Crippen LogP contribution < -0.4 is 11.1 Å². The van der Waals surface area contributed by atoms with Gasteiger partial charge in [0.2, 0.25) is 0 Å². The lowest BCUT2D eigenvalue weighted by Gasteiger charge is -2.25. The van der Waals surface area contributed by atoms with Gasteiger partial charge in [0.05, 0.1) is 0 Å². The first kappa shape index (κ1) is 14.6. The maximum atomic E-state index is 12.1. The second kappa shape index (κ2) is 5.93. The Balaban J connectivity index is 2.88. The Labute approximate surface area is 113 Å². The summed E-state index contributed by atoms with van der Waals surface area (Å²) >= 11 is 4.89. The summed E-state index contributed by atoms with van der Waals surface area (Å²) in [5, 5.41) is 2.80. The number of carbonyl (C=O) groups is 1. The Hall–Kier alpha value is -1.46. The van der Waals surface area contributed by atoms with E-state index in [2.05, 4.69) is 5.32 Å². The highest BCUT2D eigenvalue weighted by molar-refractivity contribution is 7.80. The Bertz CT molecular complexity index is 456. The monoisotopic (exact) mass is 266 g/mol. The van der Waals surface area contributed by atoms with Crippen LogP contribution in [0.25, 0.3) is 0 Å². The van der Waals surface area contributed by atoms with Crippen molar-refractivity contribution in [1.82, 2.24) is 0 Å². The average molecular weight is 266 g/mol. The van der Waals surface area contributed by atoms with Gasteiger partial charge in [0.15, 0.2) is 0 Å². The number of methoxy groups -OCH3 is 1. The number of hydrogen-bond donors (Lipinski definition) is 2. The number of nitrogens with two attached hydrogens (primary N) is 1. The van der Waals surface area contributed by atoms with E-state index in [-0.39, 0.29) is 5.91 Å². The summed E-state index contributed by atoms with van der Waals surface area (Å²) < 4.78 is 5.24. The first-order chi connectivity index (χ1) is 8.42. The molecule has 0 fully saturated rings. The minimum absolute atomic E-state index is 0.187. The van der Waals surface area contributed by atoms with Crippen LogP contribution in [-0.4, -0.2) is 23.6 Å². The van der Waals surface area contributed by atoms with Crippen LogP contribution in [-0.2, 0) is 9.53 Å². The highest BCUT2D eigenvalue weighted by Crippen LogP contribution is 2.18. The van der Waals surface area contributed by atoms with E-state index in [1.807, 2.05) is 6.92 Å². The summed E-state index contributed by atoms with van der Waals surface area (Å²) in [6.07, 6.45) is 0.588. The first-order valence-electron chi connectivity index (χ1n) is 5.69. The smallest absolute Gasteiger partial charge is 0.256 e. The standard InChI is InChI=1S/C13H18N2O2S/c1-4-13(2,17-3)12(16)15-10-7-5-6-9(8-10)11(14)18/h5-8H,4H2,1-3H3,(H2,14,18)(H,15,16). The summed E-state index contributed by atoms with van der Waals surface area (Å²) in [5.74, 6) is -0.187. The molecule has 0 saturated carbocycles. The minimum Gasteiger partial charge on any atom is -0.389 e. The molecule has 0 aliphatic heterocycles. The van der Waals surface area contributed by atoms with Crippen molar-refractivity contribution in [2.45, 2.75) is 25.9 Å². The summed E-state index contributed by atoms with van der Waals surface area (Å²) in [6, 6.07) is 7.12. The Morgan fingerprint density at radius 2 is 2.22 bits per heavy atom. The van der Waals surface area contributed by atoms with Gasteiger partial charge in [0, 0.05) is 18.4 Å². The molecule has 3 N–H and O–H groups in total. The van der Waals surface area contributed by atoms with Gasteiger partial charge in [-0.3, -0.25) is 4.79 Å². The van der Waals surface area contributed by atoms with Gasteiger partial charge in [0.1, 0.15) is 10.6 Å². The molecule has 1 amide bonds.